The summed E-state index contributed by atoms with van der Waals surface area (Å²) in [5.41, 5.74) is 1.14. The Balaban J connectivity index is 2.18. The summed E-state index contributed by atoms with van der Waals surface area (Å²) in [4.78, 5) is 0. The van der Waals surface area contributed by atoms with Gasteiger partial charge in [0.1, 0.15) is 23.1 Å². The summed E-state index contributed by atoms with van der Waals surface area (Å²) < 4.78 is 31.6. The van der Waals surface area contributed by atoms with Gasteiger partial charge in [-0.15, -0.1) is 0 Å². The van der Waals surface area contributed by atoms with Crippen molar-refractivity contribution in [1.82, 2.24) is 0 Å². The maximum atomic E-state index is 13.1. The molecule has 0 radical (unpaired) electrons. The predicted octanol–water partition coefficient (Wildman–Crippen LogP) is 4.96. The molecule has 0 N–H and O–H groups in total. The van der Waals surface area contributed by atoms with Gasteiger partial charge in [-0.25, -0.2) is 8.78 Å². The molecule has 0 fully saturated rings. The standard InChI is InChI=1S/C16H16F2O/c1-11(2)6-12-4-3-5-15(7-12)19-16-9-13(17)8-14(18)10-16/h3-5,7-11H,6H2,1-2H3. The third-order valence-corrected chi connectivity index (χ3v) is 2.61. The van der Waals surface area contributed by atoms with E-state index in [1.165, 1.54) is 0 Å². The van der Waals surface area contributed by atoms with Crippen LogP contribution in [0.4, 0.5) is 8.78 Å². The number of hydrogen-bond donors (Lipinski definition) is 0. The molecule has 0 heterocycles. The zero-order valence-electron chi connectivity index (χ0n) is 11.0. The molecule has 0 unspecified atom stereocenters. The quantitative estimate of drug-likeness (QED) is 0.757. The fourth-order valence-corrected chi connectivity index (χ4v) is 1.93. The molecular weight excluding hydrogens is 246 g/mol. The highest BCUT2D eigenvalue weighted by Gasteiger charge is 2.04. The topological polar surface area (TPSA) is 9.23 Å². The van der Waals surface area contributed by atoms with Gasteiger partial charge in [-0.1, -0.05) is 26.0 Å². The van der Waals surface area contributed by atoms with Gasteiger partial charge in [0.25, 0.3) is 0 Å². The Bertz CT molecular complexity index is 544. The molecule has 2 aromatic carbocycles. The third-order valence-electron chi connectivity index (χ3n) is 2.61. The summed E-state index contributed by atoms with van der Waals surface area (Å²) in [6.07, 6.45) is 0.939. The molecule has 2 rings (SSSR count). The summed E-state index contributed by atoms with van der Waals surface area (Å²) in [5, 5.41) is 0. The molecular formula is C16H16F2O. The van der Waals surface area contributed by atoms with Crippen molar-refractivity contribution in [2.45, 2.75) is 20.3 Å². The van der Waals surface area contributed by atoms with E-state index in [1.807, 2.05) is 18.2 Å². The zero-order chi connectivity index (χ0) is 13.8. The van der Waals surface area contributed by atoms with Crippen LogP contribution in [-0.4, -0.2) is 0 Å². The predicted molar refractivity (Wildman–Crippen MR) is 71.4 cm³/mol. The van der Waals surface area contributed by atoms with Gasteiger partial charge in [-0.3, -0.25) is 0 Å². The molecule has 0 saturated heterocycles. The molecule has 0 aromatic heterocycles. The van der Waals surface area contributed by atoms with Crippen molar-refractivity contribution < 1.29 is 13.5 Å². The van der Waals surface area contributed by atoms with Crippen molar-refractivity contribution in [3.8, 4) is 11.5 Å². The molecule has 19 heavy (non-hydrogen) atoms. The summed E-state index contributed by atoms with van der Waals surface area (Å²) in [5.74, 6) is 0.00545. The minimum atomic E-state index is -0.645. The Morgan fingerprint density at radius 3 is 2.26 bits per heavy atom. The van der Waals surface area contributed by atoms with E-state index in [0.29, 0.717) is 11.7 Å². The molecule has 0 aliphatic carbocycles. The fraction of sp³-hybridized carbons (Fsp3) is 0.250. The van der Waals surface area contributed by atoms with E-state index >= 15 is 0 Å². The summed E-state index contributed by atoms with van der Waals surface area (Å²) >= 11 is 0. The second kappa shape index (κ2) is 5.83. The smallest absolute Gasteiger partial charge is 0.133 e. The van der Waals surface area contributed by atoms with Gasteiger partial charge in [0.2, 0.25) is 0 Å². The molecule has 0 spiro atoms. The lowest BCUT2D eigenvalue weighted by molar-refractivity contribution is 0.467. The average Bonchev–Trinajstić information content (AvgIpc) is 2.26. The first kappa shape index (κ1) is 13.5. The van der Waals surface area contributed by atoms with Crippen LogP contribution in [0.1, 0.15) is 19.4 Å². The zero-order valence-corrected chi connectivity index (χ0v) is 11.0. The van der Waals surface area contributed by atoms with Crippen LogP contribution in [0.3, 0.4) is 0 Å². The van der Waals surface area contributed by atoms with Gasteiger partial charge >= 0.3 is 0 Å². The minimum absolute atomic E-state index is 0.166. The van der Waals surface area contributed by atoms with Crippen molar-refractivity contribution in [3.05, 3.63) is 59.7 Å². The Morgan fingerprint density at radius 2 is 1.63 bits per heavy atom. The van der Waals surface area contributed by atoms with E-state index in [9.17, 15) is 8.78 Å². The Kier molecular flexibility index (Phi) is 4.15. The molecule has 0 amide bonds. The lowest BCUT2D eigenvalue weighted by Crippen LogP contribution is -1.94. The Hall–Kier alpha value is -1.90. The lowest BCUT2D eigenvalue weighted by Gasteiger charge is -2.09. The molecule has 0 aliphatic heterocycles. The first-order valence-electron chi connectivity index (χ1n) is 6.26. The monoisotopic (exact) mass is 262 g/mol. The van der Waals surface area contributed by atoms with Gasteiger partial charge in [-0.2, -0.15) is 0 Å². The van der Waals surface area contributed by atoms with Crippen molar-refractivity contribution in [1.29, 1.82) is 0 Å². The molecule has 0 atom stereocenters. The molecule has 0 aliphatic rings. The van der Waals surface area contributed by atoms with Gasteiger partial charge < -0.3 is 4.74 Å². The number of benzene rings is 2. The van der Waals surface area contributed by atoms with Crippen LogP contribution in [0.15, 0.2) is 42.5 Å². The maximum Gasteiger partial charge on any atom is 0.133 e. The SMILES string of the molecule is CC(C)Cc1cccc(Oc2cc(F)cc(F)c2)c1. The molecule has 0 bridgehead atoms. The normalized spacial score (nSPS) is 10.8. The van der Waals surface area contributed by atoms with Crippen LogP contribution in [-0.2, 0) is 6.42 Å². The van der Waals surface area contributed by atoms with E-state index in [-0.39, 0.29) is 5.75 Å². The summed E-state index contributed by atoms with van der Waals surface area (Å²) in [6.45, 7) is 4.27. The highest BCUT2D eigenvalue weighted by molar-refractivity contribution is 5.34. The van der Waals surface area contributed by atoms with Crippen LogP contribution >= 0.6 is 0 Å². The van der Waals surface area contributed by atoms with Gasteiger partial charge in [0, 0.05) is 18.2 Å². The Labute approximate surface area is 111 Å². The summed E-state index contributed by atoms with van der Waals surface area (Å²) in [6, 6.07) is 10.7. The van der Waals surface area contributed by atoms with Crippen molar-refractivity contribution in [3.63, 3.8) is 0 Å². The van der Waals surface area contributed by atoms with E-state index in [2.05, 4.69) is 13.8 Å². The highest BCUT2D eigenvalue weighted by Crippen LogP contribution is 2.24. The first-order valence-corrected chi connectivity index (χ1v) is 6.26. The van der Waals surface area contributed by atoms with E-state index in [4.69, 9.17) is 4.74 Å². The lowest BCUT2D eigenvalue weighted by atomic mass is 10.0. The van der Waals surface area contributed by atoms with Crippen molar-refractivity contribution >= 4 is 0 Å². The number of halogens is 2. The highest BCUT2D eigenvalue weighted by atomic mass is 19.1. The summed E-state index contributed by atoms with van der Waals surface area (Å²) in [7, 11) is 0. The third kappa shape index (κ3) is 4.05. The van der Waals surface area contributed by atoms with E-state index in [1.54, 1.807) is 6.07 Å². The second-order valence-electron chi connectivity index (χ2n) is 4.95. The van der Waals surface area contributed by atoms with Gasteiger partial charge in [-0.05, 0) is 30.0 Å². The van der Waals surface area contributed by atoms with Crippen molar-refractivity contribution in [2.75, 3.05) is 0 Å². The average molecular weight is 262 g/mol. The molecule has 100 valence electrons. The number of ether oxygens (including phenoxy) is 1. The van der Waals surface area contributed by atoms with Crippen LogP contribution in [0, 0.1) is 17.6 Å². The molecule has 0 saturated carbocycles. The largest absolute Gasteiger partial charge is 0.457 e. The maximum absolute atomic E-state index is 13.1. The first-order chi connectivity index (χ1) is 9.02. The van der Waals surface area contributed by atoms with Crippen LogP contribution in [0.5, 0.6) is 11.5 Å². The van der Waals surface area contributed by atoms with Crippen LogP contribution in [0.25, 0.3) is 0 Å². The number of hydrogen-bond acceptors (Lipinski definition) is 1. The fourth-order valence-electron chi connectivity index (χ4n) is 1.93. The molecule has 2 aromatic rings. The Morgan fingerprint density at radius 1 is 0.947 bits per heavy atom. The van der Waals surface area contributed by atoms with E-state index < -0.39 is 11.6 Å². The van der Waals surface area contributed by atoms with Crippen LogP contribution in [0.2, 0.25) is 0 Å². The second-order valence-corrected chi connectivity index (χ2v) is 4.95. The molecule has 1 nitrogen and oxygen atoms in total. The van der Waals surface area contributed by atoms with Gasteiger partial charge in [0.05, 0.1) is 0 Å². The minimum Gasteiger partial charge on any atom is -0.457 e. The number of rotatable bonds is 4. The van der Waals surface area contributed by atoms with Crippen molar-refractivity contribution in [2.24, 2.45) is 5.92 Å². The van der Waals surface area contributed by atoms with Crippen LogP contribution < -0.4 is 4.74 Å². The molecule has 3 heteroatoms. The van der Waals surface area contributed by atoms with Gasteiger partial charge in [0.15, 0.2) is 0 Å². The van der Waals surface area contributed by atoms with E-state index in [0.717, 1.165) is 30.2 Å².